The summed E-state index contributed by atoms with van der Waals surface area (Å²) in [4.78, 5) is 14.4. The van der Waals surface area contributed by atoms with Crippen LogP contribution in [-0.2, 0) is 31.6 Å². The van der Waals surface area contributed by atoms with Gasteiger partial charge in [-0.05, 0) is 54.2 Å². The smallest absolute Gasteiger partial charge is 0.396 e. The number of hydrogen-bond donors (Lipinski definition) is 1. The molecule has 1 aliphatic heterocycles. The fraction of sp³-hybridized carbons (Fsp3) is 0.375. The molecule has 2 aliphatic rings. The van der Waals surface area contributed by atoms with Crippen molar-refractivity contribution in [2.75, 3.05) is 11.5 Å². The molecule has 3 aromatic rings. The molecular weight excluding hydrogens is 433 g/mol. The van der Waals surface area contributed by atoms with Crippen molar-refractivity contribution in [3.8, 4) is 0 Å². The highest BCUT2D eigenvalue weighted by Gasteiger charge is 2.46. The maximum Gasteiger partial charge on any atom is 0.416 e. The maximum absolute atomic E-state index is 13.5. The number of rotatable bonds is 5. The molecule has 1 aliphatic carbocycles. The quantitative estimate of drug-likeness (QED) is 0.633. The van der Waals surface area contributed by atoms with Crippen LogP contribution in [0.4, 0.5) is 18.9 Å². The fourth-order valence-corrected chi connectivity index (χ4v) is 5.24. The van der Waals surface area contributed by atoms with Gasteiger partial charge in [0.05, 0.1) is 12.1 Å². The minimum Gasteiger partial charge on any atom is -0.396 e. The topological polar surface area (TPSA) is 71.2 Å². The molecule has 0 saturated heterocycles. The van der Waals surface area contributed by atoms with E-state index in [1.165, 1.54) is 17.0 Å². The average Bonchev–Trinajstić information content (AvgIpc) is 3.32. The Hall–Kier alpha value is -3.20. The number of aromatic nitrogens is 3. The third kappa shape index (κ3) is 3.60. The predicted molar refractivity (Wildman–Crippen MR) is 115 cm³/mol. The van der Waals surface area contributed by atoms with Crippen LogP contribution in [0, 0.1) is 5.92 Å². The van der Waals surface area contributed by atoms with Crippen molar-refractivity contribution in [3.05, 3.63) is 76.9 Å². The van der Waals surface area contributed by atoms with Gasteiger partial charge in [0.1, 0.15) is 12.2 Å². The molecule has 1 amide bonds. The lowest BCUT2D eigenvalue weighted by atomic mass is 9.57. The summed E-state index contributed by atoms with van der Waals surface area (Å²) in [5.41, 5.74) is 0.595. The van der Waals surface area contributed by atoms with Gasteiger partial charge < -0.3 is 14.6 Å². The third-order valence-corrected chi connectivity index (χ3v) is 6.96. The molecule has 9 heteroatoms. The predicted octanol–water partition coefficient (Wildman–Crippen LogP) is 3.88. The van der Waals surface area contributed by atoms with E-state index >= 15 is 0 Å². The molecule has 2 heterocycles. The average molecular weight is 456 g/mol. The first-order chi connectivity index (χ1) is 15.7. The zero-order valence-electron chi connectivity index (χ0n) is 18.0. The van der Waals surface area contributed by atoms with Crippen LogP contribution in [0.25, 0.3) is 0 Å². The summed E-state index contributed by atoms with van der Waals surface area (Å²) in [5.74, 6) is 0.558. The first kappa shape index (κ1) is 21.6. The van der Waals surface area contributed by atoms with E-state index in [4.69, 9.17) is 0 Å². The molecule has 6 nitrogen and oxygen atoms in total. The van der Waals surface area contributed by atoms with E-state index in [1.807, 2.05) is 29.8 Å². The Morgan fingerprint density at radius 1 is 1.18 bits per heavy atom. The van der Waals surface area contributed by atoms with Gasteiger partial charge >= 0.3 is 6.18 Å². The summed E-state index contributed by atoms with van der Waals surface area (Å²) < 4.78 is 42.3. The molecule has 1 N–H and O–H groups in total. The Morgan fingerprint density at radius 3 is 2.61 bits per heavy atom. The third-order valence-electron chi connectivity index (χ3n) is 6.96. The van der Waals surface area contributed by atoms with Crippen LogP contribution < -0.4 is 4.90 Å². The van der Waals surface area contributed by atoms with Crippen LogP contribution >= 0.6 is 0 Å². The van der Waals surface area contributed by atoms with Crippen LogP contribution in [0.1, 0.15) is 45.7 Å². The minimum atomic E-state index is -4.52. The van der Waals surface area contributed by atoms with Crippen molar-refractivity contribution in [2.45, 2.75) is 37.4 Å². The van der Waals surface area contributed by atoms with Gasteiger partial charge in [-0.3, -0.25) is 4.79 Å². The molecule has 0 radical (unpaired) electrons. The summed E-state index contributed by atoms with van der Waals surface area (Å²) in [7, 11) is 1.88. The first-order valence-corrected chi connectivity index (χ1v) is 10.8. The van der Waals surface area contributed by atoms with Crippen LogP contribution in [0.15, 0.2) is 48.8 Å². The number of carbonyl (C=O) groups excluding carboxylic acids is 1. The molecule has 1 fully saturated rings. The van der Waals surface area contributed by atoms with Gasteiger partial charge in [-0.1, -0.05) is 18.2 Å². The van der Waals surface area contributed by atoms with Gasteiger partial charge in [-0.2, -0.15) is 13.2 Å². The van der Waals surface area contributed by atoms with Gasteiger partial charge in [0.15, 0.2) is 0 Å². The van der Waals surface area contributed by atoms with Gasteiger partial charge in [0.25, 0.3) is 5.91 Å². The number of aliphatic hydroxyl groups is 1. The molecule has 0 spiro atoms. The monoisotopic (exact) mass is 456 g/mol. The van der Waals surface area contributed by atoms with Gasteiger partial charge in [-0.25, -0.2) is 0 Å². The normalized spacial score (nSPS) is 22.4. The first-order valence-electron chi connectivity index (χ1n) is 10.8. The largest absolute Gasteiger partial charge is 0.416 e. The number of aryl methyl sites for hydroxylation is 1. The van der Waals surface area contributed by atoms with Gasteiger partial charge in [-0.15, -0.1) is 10.2 Å². The van der Waals surface area contributed by atoms with Gasteiger partial charge in [0, 0.05) is 36.7 Å². The Morgan fingerprint density at radius 2 is 1.94 bits per heavy atom. The lowest BCUT2D eigenvalue weighted by molar-refractivity contribution is -0.138. The second-order valence-electron chi connectivity index (χ2n) is 9.04. The summed E-state index contributed by atoms with van der Waals surface area (Å²) in [6.07, 6.45) is -0.747. The highest BCUT2D eigenvalue weighted by molar-refractivity contribution is 6.10. The number of amides is 1. The van der Waals surface area contributed by atoms with Crippen molar-refractivity contribution >= 4 is 11.6 Å². The number of fused-ring (bicyclic) bond motifs is 1. The molecule has 1 saturated carbocycles. The number of nitrogens with zero attached hydrogens (tertiary/aromatic N) is 4. The van der Waals surface area contributed by atoms with E-state index in [0.717, 1.165) is 30.3 Å². The number of carbonyl (C=O) groups is 1. The number of aliphatic hydroxyl groups excluding tert-OH is 1. The summed E-state index contributed by atoms with van der Waals surface area (Å²) in [6, 6.07) is 11.2. The number of anilines is 1. The lowest BCUT2D eigenvalue weighted by Gasteiger charge is -2.48. The van der Waals surface area contributed by atoms with E-state index in [0.29, 0.717) is 12.1 Å². The SMILES string of the molecule is Cn1cnnc1C[C@]1(c2cccc(N3Cc4c(cccc4C(F)(F)F)C3=O)c2)C[C@H](CO)C1. The molecule has 172 valence electrons. The van der Waals surface area contributed by atoms with Gasteiger partial charge in [0.2, 0.25) is 0 Å². The molecule has 1 aromatic heterocycles. The zero-order valence-corrected chi connectivity index (χ0v) is 18.0. The van der Waals surface area contributed by atoms with Crippen LogP contribution in [-0.4, -0.2) is 32.4 Å². The molecule has 33 heavy (non-hydrogen) atoms. The van der Waals surface area contributed by atoms with E-state index in [1.54, 1.807) is 12.4 Å². The van der Waals surface area contributed by atoms with E-state index in [9.17, 15) is 23.1 Å². The number of benzene rings is 2. The molecule has 2 aromatic carbocycles. The van der Waals surface area contributed by atoms with Crippen molar-refractivity contribution in [1.29, 1.82) is 0 Å². The molecule has 0 atom stereocenters. The summed E-state index contributed by atoms with van der Waals surface area (Å²) in [6.45, 7) is -0.0246. The summed E-state index contributed by atoms with van der Waals surface area (Å²) >= 11 is 0. The highest BCUT2D eigenvalue weighted by Crippen LogP contribution is 2.50. The number of hydrogen-bond acceptors (Lipinski definition) is 4. The summed E-state index contributed by atoms with van der Waals surface area (Å²) in [5, 5.41) is 17.8. The lowest BCUT2D eigenvalue weighted by Crippen LogP contribution is -2.45. The van der Waals surface area contributed by atoms with Crippen molar-refractivity contribution < 1.29 is 23.1 Å². The van der Waals surface area contributed by atoms with Crippen LogP contribution in [0.2, 0.25) is 0 Å². The molecular formula is C24H23F3N4O2. The number of alkyl halides is 3. The maximum atomic E-state index is 13.5. The Kier molecular flexibility index (Phi) is 5.04. The molecule has 0 unspecified atom stereocenters. The number of halogens is 3. The zero-order chi connectivity index (χ0) is 23.4. The van der Waals surface area contributed by atoms with Crippen molar-refractivity contribution in [2.24, 2.45) is 13.0 Å². The van der Waals surface area contributed by atoms with Crippen molar-refractivity contribution in [3.63, 3.8) is 0 Å². The highest BCUT2D eigenvalue weighted by atomic mass is 19.4. The molecule has 5 rings (SSSR count). The Labute approximate surface area is 188 Å². The Balaban J connectivity index is 1.49. The Bertz CT molecular complexity index is 1210. The second-order valence-corrected chi connectivity index (χ2v) is 9.04. The van der Waals surface area contributed by atoms with E-state index < -0.39 is 17.6 Å². The molecule has 0 bridgehead atoms. The second kappa shape index (κ2) is 7.69. The van der Waals surface area contributed by atoms with Crippen LogP contribution in [0.5, 0.6) is 0 Å². The van der Waals surface area contributed by atoms with Crippen molar-refractivity contribution in [1.82, 2.24) is 14.8 Å². The minimum absolute atomic E-state index is 0.0122. The fourth-order valence-electron chi connectivity index (χ4n) is 5.24. The van der Waals surface area contributed by atoms with E-state index in [-0.39, 0.29) is 35.6 Å². The standard InChI is InChI=1S/C24H23F3N4O2/c1-30-14-28-29-21(30)11-23(9-15(10-23)13-32)16-4-2-5-17(8-16)31-12-19-18(22(31)33)6-3-7-20(19)24(25,26)27/h2-8,14-15,32H,9-13H2,1H3/t15-,23-. The van der Waals surface area contributed by atoms with E-state index in [2.05, 4.69) is 10.2 Å². The van der Waals surface area contributed by atoms with Crippen LogP contribution in [0.3, 0.4) is 0 Å².